The molecule has 6 heteroatoms. The molecule has 0 rings (SSSR count). The lowest BCUT2D eigenvalue weighted by molar-refractivity contribution is 0.00931. The predicted octanol–water partition coefficient (Wildman–Crippen LogP) is 3.83. The van der Waals surface area contributed by atoms with Gasteiger partial charge in [-0.25, -0.2) is 4.79 Å². The molecule has 0 unspecified atom stereocenters. The van der Waals surface area contributed by atoms with Gasteiger partial charge in [-0.2, -0.15) is 0 Å². The van der Waals surface area contributed by atoms with E-state index in [1.165, 1.54) is 0 Å². The van der Waals surface area contributed by atoms with Crippen LogP contribution in [-0.4, -0.2) is 67.4 Å². The Kier molecular flexibility index (Phi) is 10.7. The minimum atomic E-state index is -0.441. The van der Waals surface area contributed by atoms with Crippen LogP contribution in [0.15, 0.2) is 12.5 Å². The molecular weight excluding hydrogens is 330 g/mol. The average Bonchev–Trinajstić information content (AvgIpc) is 2.45. The van der Waals surface area contributed by atoms with E-state index >= 15 is 0 Å². The third-order valence-corrected chi connectivity index (χ3v) is 3.50. The molecule has 0 saturated carbocycles. The first-order valence-corrected chi connectivity index (χ1v) is 9.56. The molecule has 0 aromatic heterocycles. The van der Waals surface area contributed by atoms with Gasteiger partial charge in [0.05, 0.1) is 0 Å². The summed E-state index contributed by atoms with van der Waals surface area (Å²) in [6.07, 6.45) is 2.76. The van der Waals surface area contributed by atoms with E-state index in [0.29, 0.717) is 12.4 Å². The van der Waals surface area contributed by atoms with Crippen LogP contribution >= 0.6 is 0 Å². The van der Waals surface area contributed by atoms with Gasteiger partial charge in [-0.15, -0.1) is 0 Å². The fourth-order valence-corrected chi connectivity index (χ4v) is 2.15. The zero-order valence-corrected chi connectivity index (χ0v) is 18.3. The summed E-state index contributed by atoms with van der Waals surface area (Å²) in [5.74, 6) is 0.711. The Morgan fingerprint density at radius 1 is 0.846 bits per heavy atom. The first-order chi connectivity index (χ1) is 11.8. The lowest BCUT2D eigenvalue weighted by Crippen LogP contribution is -2.35. The number of rotatable bonds is 11. The monoisotopic (exact) mass is 371 g/mol. The number of hydrogen-bond acceptors (Lipinski definition) is 5. The van der Waals surface area contributed by atoms with Crippen molar-refractivity contribution in [3.05, 3.63) is 12.5 Å². The van der Waals surface area contributed by atoms with Crippen molar-refractivity contribution in [3.63, 3.8) is 0 Å². The Morgan fingerprint density at radius 2 is 1.35 bits per heavy atom. The van der Waals surface area contributed by atoms with Gasteiger partial charge in [-0.1, -0.05) is 0 Å². The molecular formula is C20H41N3O3. The maximum Gasteiger partial charge on any atom is 0.410 e. The van der Waals surface area contributed by atoms with Crippen molar-refractivity contribution in [2.75, 3.05) is 40.3 Å². The maximum absolute atomic E-state index is 11.8. The molecule has 0 aliphatic heterocycles. The number of nitrogens with one attached hydrogen (secondary N) is 1. The van der Waals surface area contributed by atoms with Gasteiger partial charge < -0.3 is 24.6 Å². The number of hydrogen-bond donors (Lipinski definition) is 1. The molecule has 0 spiro atoms. The molecule has 0 radical (unpaired) electrons. The number of carbonyl (C=O) groups excluding carboxylic acids is 1. The summed E-state index contributed by atoms with van der Waals surface area (Å²) < 4.78 is 11.1. The summed E-state index contributed by atoms with van der Waals surface area (Å²) in [5, 5.41) is 3.44. The summed E-state index contributed by atoms with van der Waals surface area (Å²) in [6.45, 7) is 19.2. The van der Waals surface area contributed by atoms with Gasteiger partial charge >= 0.3 is 6.09 Å². The molecule has 0 heterocycles. The number of amides is 1. The SMILES string of the molecule is C=C(OC(C)(C)C)N(C)CCCNCCCCN(C)C(=O)OC(C)(C)C. The number of unbranched alkanes of at least 4 members (excludes halogenated alkanes) is 1. The molecule has 0 atom stereocenters. The number of nitrogens with zero attached hydrogens (tertiary/aromatic N) is 2. The summed E-state index contributed by atoms with van der Waals surface area (Å²) in [4.78, 5) is 15.5. The molecule has 0 bridgehead atoms. The molecule has 1 N–H and O–H groups in total. The van der Waals surface area contributed by atoms with E-state index < -0.39 is 5.60 Å². The van der Waals surface area contributed by atoms with E-state index in [4.69, 9.17) is 9.47 Å². The largest absolute Gasteiger partial charge is 0.474 e. The van der Waals surface area contributed by atoms with Gasteiger partial charge in [0.25, 0.3) is 0 Å². The fourth-order valence-electron chi connectivity index (χ4n) is 2.15. The highest BCUT2D eigenvalue weighted by molar-refractivity contribution is 5.67. The first kappa shape index (κ1) is 24.6. The van der Waals surface area contributed by atoms with Gasteiger partial charge in [0.2, 0.25) is 0 Å². The van der Waals surface area contributed by atoms with E-state index in [1.54, 1.807) is 11.9 Å². The minimum Gasteiger partial charge on any atom is -0.474 e. The zero-order chi connectivity index (χ0) is 20.4. The molecule has 1 amide bonds. The Morgan fingerprint density at radius 3 is 1.88 bits per heavy atom. The topological polar surface area (TPSA) is 54.0 Å². The lowest BCUT2D eigenvalue weighted by Gasteiger charge is -2.28. The fraction of sp³-hybridized carbons (Fsp3) is 0.850. The Bertz CT molecular complexity index is 385. The molecule has 26 heavy (non-hydrogen) atoms. The van der Waals surface area contributed by atoms with Gasteiger partial charge in [0.15, 0.2) is 5.88 Å². The smallest absolute Gasteiger partial charge is 0.410 e. The third kappa shape index (κ3) is 13.8. The molecule has 0 aliphatic rings. The van der Waals surface area contributed by atoms with E-state index in [0.717, 1.165) is 38.9 Å². The van der Waals surface area contributed by atoms with E-state index in [9.17, 15) is 4.79 Å². The van der Waals surface area contributed by atoms with Gasteiger partial charge in [-0.3, -0.25) is 0 Å². The maximum atomic E-state index is 11.8. The second-order valence-corrected chi connectivity index (χ2v) is 8.74. The number of carbonyl (C=O) groups is 1. The minimum absolute atomic E-state index is 0.212. The summed E-state index contributed by atoms with van der Waals surface area (Å²) in [5.41, 5.74) is -0.653. The van der Waals surface area contributed by atoms with Crippen LogP contribution in [-0.2, 0) is 9.47 Å². The van der Waals surface area contributed by atoms with Crippen LogP contribution in [0.3, 0.4) is 0 Å². The van der Waals surface area contributed by atoms with Crippen LogP contribution in [0, 0.1) is 0 Å². The van der Waals surface area contributed by atoms with Crippen LogP contribution in [0.25, 0.3) is 0 Å². The molecule has 0 aromatic carbocycles. The van der Waals surface area contributed by atoms with Crippen molar-refractivity contribution in [2.45, 2.75) is 72.0 Å². The van der Waals surface area contributed by atoms with Gasteiger partial charge in [-0.05, 0) is 80.5 Å². The Balaban J connectivity index is 3.68. The van der Waals surface area contributed by atoms with Crippen molar-refractivity contribution >= 4 is 6.09 Å². The normalized spacial score (nSPS) is 11.8. The first-order valence-electron chi connectivity index (χ1n) is 9.56. The molecule has 0 aromatic rings. The second kappa shape index (κ2) is 11.3. The second-order valence-electron chi connectivity index (χ2n) is 8.74. The molecule has 6 nitrogen and oxygen atoms in total. The molecule has 0 aliphatic carbocycles. The third-order valence-electron chi connectivity index (χ3n) is 3.50. The van der Waals surface area contributed by atoms with Crippen molar-refractivity contribution in [1.29, 1.82) is 0 Å². The van der Waals surface area contributed by atoms with E-state index in [2.05, 4.69) is 11.9 Å². The molecule has 0 saturated heterocycles. The zero-order valence-electron chi connectivity index (χ0n) is 18.3. The average molecular weight is 372 g/mol. The molecule has 154 valence electrons. The summed E-state index contributed by atoms with van der Waals surface area (Å²) in [6, 6.07) is 0. The van der Waals surface area contributed by atoms with Crippen molar-refractivity contribution in [1.82, 2.24) is 15.1 Å². The van der Waals surface area contributed by atoms with Crippen molar-refractivity contribution < 1.29 is 14.3 Å². The van der Waals surface area contributed by atoms with Crippen molar-refractivity contribution in [3.8, 4) is 0 Å². The molecule has 0 fully saturated rings. The van der Waals surface area contributed by atoms with Gasteiger partial charge in [0.1, 0.15) is 11.2 Å². The predicted molar refractivity (Wildman–Crippen MR) is 108 cm³/mol. The highest BCUT2D eigenvalue weighted by atomic mass is 16.6. The number of ether oxygens (including phenoxy) is 2. The summed E-state index contributed by atoms with van der Waals surface area (Å²) >= 11 is 0. The van der Waals surface area contributed by atoms with Crippen LogP contribution in [0.1, 0.15) is 60.8 Å². The highest BCUT2D eigenvalue weighted by Crippen LogP contribution is 2.14. The van der Waals surface area contributed by atoms with E-state index in [1.807, 2.05) is 53.5 Å². The van der Waals surface area contributed by atoms with Crippen LogP contribution in [0.2, 0.25) is 0 Å². The van der Waals surface area contributed by atoms with Crippen molar-refractivity contribution in [2.24, 2.45) is 0 Å². The van der Waals surface area contributed by atoms with Gasteiger partial charge in [0, 0.05) is 27.2 Å². The lowest BCUT2D eigenvalue weighted by atomic mass is 10.2. The van der Waals surface area contributed by atoms with E-state index in [-0.39, 0.29) is 11.7 Å². The highest BCUT2D eigenvalue weighted by Gasteiger charge is 2.19. The van der Waals surface area contributed by atoms with Crippen LogP contribution < -0.4 is 5.32 Å². The van der Waals surface area contributed by atoms with Crippen LogP contribution in [0.5, 0.6) is 0 Å². The standard InChI is InChI=1S/C20H41N3O3/c1-17(25-19(2,3)4)22(8)16-12-14-21-13-10-11-15-23(9)18(24)26-20(5,6)7/h21H,1,10-16H2,2-9H3. The summed E-state index contributed by atoms with van der Waals surface area (Å²) in [7, 11) is 3.78. The quantitative estimate of drug-likeness (QED) is 0.442. The Hall–Kier alpha value is -1.43. The Labute approximate surface area is 160 Å². The van der Waals surface area contributed by atoms with Crippen LogP contribution in [0.4, 0.5) is 4.79 Å².